The second-order valence-electron chi connectivity index (χ2n) is 3.31. The molecule has 6 heteroatoms. The van der Waals surface area contributed by atoms with Crippen LogP contribution in [-0.4, -0.2) is 9.91 Å². The van der Waals surface area contributed by atoms with Gasteiger partial charge in [-0.05, 0) is 18.2 Å². The highest BCUT2D eigenvalue weighted by Crippen LogP contribution is 2.22. The van der Waals surface area contributed by atoms with Crippen molar-refractivity contribution in [1.29, 1.82) is 0 Å². The molecule has 2 aromatic rings. The molecule has 0 atom stereocenters. The first-order valence-corrected chi connectivity index (χ1v) is 5.01. The monoisotopic (exact) mass is 252 g/mol. The number of fused-ring (bicyclic) bond motifs is 1. The Labute approximate surface area is 100 Å². The standard InChI is InChI=1S/C11H6ClFN2O2/c12-11-8(3-4-15(16)17)5-7-1-2-9(13)6-10(7)14-11/h1-6H/b4-3+. The Kier molecular flexibility index (Phi) is 3.01. The molecule has 4 nitrogen and oxygen atoms in total. The molecule has 0 fully saturated rings. The molecule has 0 saturated carbocycles. The predicted octanol–water partition coefficient (Wildman–Crippen LogP) is 3.27. The van der Waals surface area contributed by atoms with Crippen molar-refractivity contribution in [2.75, 3.05) is 0 Å². The van der Waals surface area contributed by atoms with Crippen LogP contribution in [0.25, 0.3) is 17.0 Å². The van der Waals surface area contributed by atoms with Gasteiger partial charge in [0.2, 0.25) is 6.20 Å². The Morgan fingerprint density at radius 1 is 1.41 bits per heavy atom. The second kappa shape index (κ2) is 4.47. The van der Waals surface area contributed by atoms with Crippen molar-refractivity contribution in [3.8, 4) is 0 Å². The predicted molar refractivity (Wildman–Crippen MR) is 62.7 cm³/mol. The van der Waals surface area contributed by atoms with Crippen LogP contribution in [0.2, 0.25) is 5.15 Å². The van der Waals surface area contributed by atoms with Crippen molar-refractivity contribution in [2.45, 2.75) is 0 Å². The van der Waals surface area contributed by atoms with E-state index in [1.54, 1.807) is 6.07 Å². The minimum Gasteiger partial charge on any atom is -0.259 e. The summed E-state index contributed by atoms with van der Waals surface area (Å²) in [6.07, 6.45) is 2.02. The van der Waals surface area contributed by atoms with Gasteiger partial charge in [-0.3, -0.25) is 10.1 Å². The number of aromatic nitrogens is 1. The fourth-order valence-corrected chi connectivity index (χ4v) is 1.60. The Hall–Kier alpha value is -2.01. The third kappa shape index (κ3) is 2.57. The number of benzene rings is 1. The Morgan fingerprint density at radius 2 is 2.18 bits per heavy atom. The van der Waals surface area contributed by atoms with Crippen LogP contribution < -0.4 is 0 Å². The SMILES string of the molecule is O=[N+]([O-])/C=C/c1cc2ccc(F)cc2nc1Cl. The average Bonchev–Trinajstić information content (AvgIpc) is 2.26. The largest absolute Gasteiger partial charge is 0.259 e. The summed E-state index contributed by atoms with van der Waals surface area (Å²) in [5, 5.41) is 11.0. The number of pyridine rings is 1. The molecule has 1 aromatic heterocycles. The number of hydrogen-bond acceptors (Lipinski definition) is 3. The van der Waals surface area contributed by atoms with Crippen molar-refractivity contribution in [3.05, 3.63) is 57.1 Å². The van der Waals surface area contributed by atoms with E-state index in [-0.39, 0.29) is 5.15 Å². The van der Waals surface area contributed by atoms with E-state index >= 15 is 0 Å². The number of nitro groups is 1. The molecule has 0 saturated heterocycles. The van der Waals surface area contributed by atoms with Crippen LogP contribution in [-0.2, 0) is 0 Å². The van der Waals surface area contributed by atoms with Crippen molar-refractivity contribution >= 4 is 28.6 Å². The first-order valence-electron chi connectivity index (χ1n) is 4.64. The summed E-state index contributed by atoms with van der Waals surface area (Å²) in [5.41, 5.74) is 0.829. The van der Waals surface area contributed by atoms with Gasteiger partial charge in [-0.2, -0.15) is 0 Å². The highest BCUT2D eigenvalue weighted by molar-refractivity contribution is 6.31. The summed E-state index contributed by atoms with van der Waals surface area (Å²) in [5.74, 6) is -0.408. The molecule has 0 N–H and O–H groups in total. The van der Waals surface area contributed by atoms with E-state index in [0.29, 0.717) is 16.5 Å². The zero-order valence-electron chi connectivity index (χ0n) is 8.43. The number of hydrogen-bond donors (Lipinski definition) is 0. The minimum atomic E-state index is -0.592. The molecule has 0 unspecified atom stereocenters. The first-order chi connectivity index (χ1) is 8.06. The van der Waals surface area contributed by atoms with Gasteiger partial charge in [0.25, 0.3) is 0 Å². The van der Waals surface area contributed by atoms with Gasteiger partial charge in [-0.25, -0.2) is 9.37 Å². The van der Waals surface area contributed by atoms with Crippen molar-refractivity contribution in [1.82, 2.24) is 4.98 Å². The van der Waals surface area contributed by atoms with Gasteiger partial charge >= 0.3 is 0 Å². The van der Waals surface area contributed by atoms with E-state index in [1.807, 2.05) is 0 Å². The lowest BCUT2D eigenvalue weighted by Gasteiger charge is -2.01. The van der Waals surface area contributed by atoms with Crippen molar-refractivity contribution in [3.63, 3.8) is 0 Å². The zero-order chi connectivity index (χ0) is 12.4. The molecular formula is C11H6ClFN2O2. The number of nitrogens with zero attached hydrogens (tertiary/aromatic N) is 2. The molecular weight excluding hydrogens is 247 g/mol. The summed E-state index contributed by atoms with van der Waals surface area (Å²) >= 11 is 5.83. The van der Waals surface area contributed by atoms with Crippen LogP contribution in [0.5, 0.6) is 0 Å². The highest BCUT2D eigenvalue weighted by Gasteiger charge is 2.04. The molecule has 0 spiro atoms. The third-order valence-electron chi connectivity index (χ3n) is 2.14. The van der Waals surface area contributed by atoms with Gasteiger partial charge in [0.1, 0.15) is 11.0 Å². The maximum Gasteiger partial charge on any atom is 0.235 e. The highest BCUT2D eigenvalue weighted by atomic mass is 35.5. The van der Waals surface area contributed by atoms with E-state index in [0.717, 1.165) is 6.20 Å². The molecule has 2 rings (SSSR count). The normalized spacial score (nSPS) is 11.2. The van der Waals surface area contributed by atoms with E-state index in [2.05, 4.69) is 4.98 Å². The Balaban J connectivity index is 2.55. The second-order valence-corrected chi connectivity index (χ2v) is 3.66. The number of rotatable bonds is 2. The van der Waals surface area contributed by atoms with Gasteiger partial charge in [0, 0.05) is 23.1 Å². The maximum absolute atomic E-state index is 12.9. The molecule has 17 heavy (non-hydrogen) atoms. The van der Waals surface area contributed by atoms with Crippen LogP contribution in [0.15, 0.2) is 30.5 Å². The van der Waals surface area contributed by atoms with Gasteiger partial charge < -0.3 is 0 Å². The molecule has 0 aliphatic rings. The quantitative estimate of drug-likeness (QED) is 0.468. The Morgan fingerprint density at radius 3 is 2.88 bits per heavy atom. The van der Waals surface area contributed by atoms with E-state index < -0.39 is 10.7 Å². The molecule has 86 valence electrons. The van der Waals surface area contributed by atoms with Crippen molar-refractivity contribution < 1.29 is 9.31 Å². The van der Waals surface area contributed by atoms with Gasteiger partial charge in [-0.1, -0.05) is 11.6 Å². The molecule has 0 radical (unpaired) electrons. The summed E-state index contributed by atoms with van der Waals surface area (Å²) < 4.78 is 12.9. The summed E-state index contributed by atoms with van der Waals surface area (Å²) in [7, 11) is 0. The van der Waals surface area contributed by atoms with Gasteiger partial charge in [-0.15, -0.1) is 0 Å². The van der Waals surface area contributed by atoms with Crippen LogP contribution >= 0.6 is 11.6 Å². The van der Waals surface area contributed by atoms with Crippen LogP contribution in [0.3, 0.4) is 0 Å². The van der Waals surface area contributed by atoms with Gasteiger partial charge in [0.15, 0.2) is 0 Å². The van der Waals surface area contributed by atoms with Crippen LogP contribution in [0.1, 0.15) is 5.56 Å². The summed E-state index contributed by atoms with van der Waals surface area (Å²) in [6.45, 7) is 0. The summed E-state index contributed by atoms with van der Waals surface area (Å²) in [6, 6.07) is 5.70. The lowest BCUT2D eigenvalue weighted by molar-refractivity contribution is -0.400. The molecule has 1 heterocycles. The van der Waals surface area contributed by atoms with Gasteiger partial charge in [0.05, 0.1) is 10.4 Å². The van der Waals surface area contributed by atoms with E-state index in [4.69, 9.17) is 11.6 Å². The molecule has 0 aliphatic carbocycles. The smallest absolute Gasteiger partial charge is 0.235 e. The van der Waals surface area contributed by atoms with E-state index in [9.17, 15) is 14.5 Å². The fourth-order valence-electron chi connectivity index (χ4n) is 1.39. The number of halogens is 2. The van der Waals surface area contributed by atoms with Crippen LogP contribution in [0, 0.1) is 15.9 Å². The minimum absolute atomic E-state index is 0.0983. The molecule has 0 bridgehead atoms. The fraction of sp³-hybridized carbons (Fsp3) is 0. The third-order valence-corrected chi connectivity index (χ3v) is 2.44. The summed E-state index contributed by atoms with van der Waals surface area (Å²) in [4.78, 5) is 13.6. The van der Waals surface area contributed by atoms with E-state index in [1.165, 1.54) is 24.3 Å². The Bertz CT molecular complexity index is 628. The molecule has 1 aromatic carbocycles. The lowest BCUT2D eigenvalue weighted by Crippen LogP contribution is -1.87. The van der Waals surface area contributed by atoms with Crippen LogP contribution in [0.4, 0.5) is 4.39 Å². The maximum atomic E-state index is 12.9. The zero-order valence-corrected chi connectivity index (χ0v) is 9.19. The van der Waals surface area contributed by atoms with Crippen molar-refractivity contribution in [2.24, 2.45) is 0 Å². The lowest BCUT2D eigenvalue weighted by atomic mass is 10.1. The topological polar surface area (TPSA) is 56.0 Å². The first kappa shape index (κ1) is 11.5. The molecule has 0 aliphatic heterocycles. The average molecular weight is 253 g/mol. The molecule has 0 amide bonds.